The maximum absolute atomic E-state index is 12.1. The number of carbonyl (C=O) groups excluding carboxylic acids is 1. The molecule has 0 bridgehead atoms. The first kappa shape index (κ1) is 18.2. The van der Waals surface area contributed by atoms with Crippen molar-refractivity contribution >= 4 is 15.9 Å². The minimum absolute atomic E-state index is 0.0741. The zero-order chi connectivity index (χ0) is 17.9. The molecule has 1 aromatic carbocycles. The molecule has 2 aliphatic rings. The summed E-state index contributed by atoms with van der Waals surface area (Å²) in [6.07, 6.45) is 1.16. The standard InChI is InChI=1S/C18H27N3O3S/c1-15-4-2-3-5-17(15)16-6-8-20(14-16)9-7-19-18(22)21-10-12-25(23,24)13-11-21/h2-5,16H,6-14H2,1H3,(H,19,22). The Morgan fingerprint density at radius 3 is 2.64 bits per heavy atom. The third-order valence-corrected chi connectivity index (χ3v) is 6.85. The number of hydrogen-bond donors (Lipinski definition) is 1. The highest BCUT2D eigenvalue weighted by Crippen LogP contribution is 2.28. The lowest BCUT2D eigenvalue weighted by atomic mass is 9.94. The van der Waals surface area contributed by atoms with E-state index in [1.165, 1.54) is 11.1 Å². The first-order valence-electron chi connectivity index (χ1n) is 8.96. The van der Waals surface area contributed by atoms with Crippen molar-refractivity contribution in [2.75, 3.05) is 50.8 Å². The number of aryl methyl sites for hydroxylation is 1. The lowest BCUT2D eigenvalue weighted by molar-refractivity contribution is 0.200. The average molecular weight is 365 g/mol. The molecule has 1 N–H and O–H groups in total. The zero-order valence-corrected chi connectivity index (χ0v) is 15.6. The number of amides is 2. The topological polar surface area (TPSA) is 69.7 Å². The second kappa shape index (κ2) is 7.74. The number of urea groups is 1. The highest BCUT2D eigenvalue weighted by molar-refractivity contribution is 7.91. The van der Waals surface area contributed by atoms with E-state index in [1.807, 2.05) is 0 Å². The van der Waals surface area contributed by atoms with Crippen molar-refractivity contribution in [1.82, 2.24) is 15.1 Å². The van der Waals surface area contributed by atoms with E-state index in [0.29, 0.717) is 25.6 Å². The maximum Gasteiger partial charge on any atom is 0.317 e. The first-order chi connectivity index (χ1) is 11.9. The molecular weight excluding hydrogens is 338 g/mol. The van der Waals surface area contributed by atoms with Gasteiger partial charge in [0.05, 0.1) is 11.5 Å². The van der Waals surface area contributed by atoms with Crippen molar-refractivity contribution in [3.8, 4) is 0 Å². The molecule has 1 unspecified atom stereocenters. The van der Waals surface area contributed by atoms with Crippen LogP contribution in [0.25, 0.3) is 0 Å². The van der Waals surface area contributed by atoms with Crippen LogP contribution < -0.4 is 5.32 Å². The fourth-order valence-corrected chi connectivity index (χ4v) is 4.88. The van der Waals surface area contributed by atoms with Crippen LogP contribution in [0.2, 0.25) is 0 Å². The van der Waals surface area contributed by atoms with Crippen LogP contribution in [0.15, 0.2) is 24.3 Å². The molecule has 3 rings (SSSR count). The third kappa shape index (κ3) is 4.73. The SMILES string of the molecule is Cc1ccccc1C1CCN(CCNC(=O)N2CCS(=O)(=O)CC2)C1. The smallest absolute Gasteiger partial charge is 0.317 e. The minimum Gasteiger partial charge on any atom is -0.337 e. The number of nitrogens with zero attached hydrogens (tertiary/aromatic N) is 2. The molecule has 2 heterocycles. The molecule has 0 spiro atoms. The van der Waals surface area contributed by atoms with E-state index in [1.54, 1.807) is 4.90 Å². The second-order valence-corrected chi connectivity index (χ2v) is 9.32. The number of carbonyl (C=O) groups is 1. The number of sulfone groups is 1. The van der Waals surface area contributed by atoms with Crippen LogP contribution >= 0.6 is 0 Å². The molecule has 2 aliphatic heterocycles. The van der Waals surface area contributed by atoms with Gasteiger partial charge in [-0.15, -0.1) is 0 Å². The van der Waals surface area contributed by atoms with E-state index >= 15 is 0 Å². The Labute approximate surface area is 150 Å². The van der Waals surface area contributed by atoms with E-state index in [0.717, 1.165) is 26.1 Å². The Morgan fingerprint density at radius 2 is 1.92 bits per heavy atom. The Balaban J connectivity index is 1.40. The molecule has 138 valence electrons. The summed E-state index contributed by atoms with van der Waals surface area (Å²) in [6.45, 7) is 6.28. The van der Waals surface area contributed by atoms with E-state index in [9.17, 15) is 13.2 Å². The number of hydrogen-bond acceptors (Lipinski definition) is 4. The van der Waals surface area contributed by atoms with Crippen molar-refractivity contribution in [2.45, 2.75) is 19.3 Å². The van der Waals surface area contributed by atoms with Gasteiger partial charge in [-0.05, 0) is 36.9 Å². The van der Waals surface area contributed by atoms with Gasteiger partial charge < -0.3 is 15.1 Å². The van der Waals surface area contributed by atoms with Gasteiger partial charge in [-0.3, -0.25) is 0 Å². The van der Waals surface area contributed by atoms with Crippen LogP contribution in [0, 0.1) is 6.92 Å². The highest BCUT2D eigenvalue weighted by Gasteiger charge is 2.26. The van der Waals surface area contributed by atoms with Crippen LogP contribution in [0.1, 0.15) is 23.5 Å². The molecule has 0 radical (unpaired) electrons. The Hall–Kier alpha value is -1.60. The molecule has 2 saturated heterocycles. The molecule has 0 aliphatic carbocycles. The molecule has 2 fully saturated rings. The van der Waals surface area contributed by atoms with Gasteiger partial charge in [0.25, 0.3) is 0 Å². The van der Waals surface area contributed by atoms with Crippen molar-refractivity contribution < 1.29 is 13.2 Å². The van der Waals surface area contributed by atoms with Crippen molar-refractivity contribution in [2.24, 2.45) is 0 Å². The number of likely N-dealkylation sites (tertiary alicyclic amines) is 1. The summed E-state index contributed by atoms with van der Waals surface area (Å²) in [6, 6.07) is 8.41. The molecule has 6 nitrogen and oxygen atoms in total. The lowest BCUT2D eigenvalue weighted by Crippen LogP contribution is -2.49. The van der Waals surface area contributed by atoms with Crippen LogP contribution in [0.3, 0.4) is 0 Å². The second-order valence-electron chi connectivity index (χ2n) is 7.01. The minimum atomic E-state index is -2.95. The van der Waals surface area contributed by atoms with Gasteiger partial charge in [-0.1, -0.05) is 24.3 Å². The Kier molecular flexibility index (Phi) is 5.64. The quantitative estimate of drug-likeness (QED) is 0.871. The molecule has 7 heteroatoms. The van der Waals surface area contributed by atoms with E-state index < -0.39 is 9.84 Å². The predicted molar refractivity (Wildman–Crippen MR) is 98.6 cm³/mol. The average Bonchev–Trinajstić information content (AvgIpc) is 3.03. The summed E-state index contributed by atoms with van der Waals surface area (Å²) in [7, 11) is -2.95. The fourth-order valence-electron chi connectivity index (χ4n) is 3.68. The van der Waals surface area contributed by atoms with Crippen molar-refractivity contribution in [3.05, 3.63) is 35.4 Å². The number of rotatable bonds is 4. The molecular formula is C18H27N3O3S. The van der Waals surface area contributed by atoms with Gasteiger partial charge in [-0.25, -0.2) is 13.2 Å². The summed E-state index contributed by atoms with van der Waals surface area (Å²) in [4.78, 5) is 16.1. The van der Waals surface area contributed by atoms with Crippen LogP contribution in [0.5, 0.6) is 0 Å². The van der Waals surface area contributed by atoms with E-state index in [-0.39, 0.29) is 17.5 Å². The van der Waals surface area contributed by atoms with Crippen LogP contribution in [0.4, 0.5) is 4.79 Å². The molecule has 1 aromatic rings. The highest BCUT2D eigenvalue weighted by atomic mass is 32.2. The number of benzene rings is 1. The normalized spacial score (nSPS) is 23.6. The lowest BCUT2D eigenvalue weighted by Gasteiger charge is -2.27. The maximum atomic E-state index is 12.1. The third-order valence-electron chi connectivity index (χ3n) is 5.24. The predicted octanol–water partition coefficient (Wildman–Crippen LogP) is 1.22. The van der Waals surface area contributed by atoms with Gasteiger partial charge in [0.15, 0.2) is 9.84 Å². The summed E-state index contributed by atoms with van der Waals surface area (Å²) in [5.74, 6) is 0.721. The summed E-state index contributed by atoms with van der Waals surface area (Å²) in [5.41, 5.74) is 2.78. The van der Waals surface area contributed by atoms with Gasteiger partial charge >= 0.3 is 6.03 Å². The Morgan fingerprint density at radius 1 is 1.20 bits per heavy atom. The fraction of sp³-hybridized carbons (Fsp3) is 0.611. The molecule has 0 saturated carbocycles. The molecule has 0 aromatic heterocycles. The summed E-state index contributed by atoms with van der Waals surface area (Å²) < 4.78 is 22.8. The molecule has 2 amide bonds. The van der Waals surface area contributed by atoms with E-state index in [4.69, 9.17) is 0 Å². The van der Waals surface area contributed by atoms with Gasteiger partial charge in [0, 0.05) is 32.7 Å². The Bertz CT molecular complexity index is 706. The van der Waals surface area contributed by atoms with Crippen molar-refractivity contribution in [3.63, 3.8) is 0 Å². The number of nitrogens with one attached hydrogen (secondary N) is 1. The first-order valence-corrected chi connectivity index (χ1v) is 10.8. The van der Waals surface area contributed by atoms with Gasteiger partial charge in [0.2, 0.25) is 0 Å². The monoisotopic (exact) mass is 365 g/mol. The van der Waals surface area contributed by atoms with Gasteiger partial charge in [-0.2, -0.15) is 0 Å². The molecule has 1 atom stereocenters. The van der Waals surface area contributed by atoms with Crippen LogP contribution in [-0.2, 0) is 9.84 Å². The molecule has 25 heavy (non-hydrogen) atoms. The zero-order valence-electron chi connectivity index (χ0n) is 14.8. The van der Waals surface area contributed by atoms with E-state index in [2.05, 4.69) is 41.4 Å². The van der Waals surface area contributed by atoms with Gasteiger partial charge in [0.1, 0.15) is 0 Å². The summed E-state index contributed by atoms with van der Waals surface area (Å²) in [5, 5.41) is 2.92. The van der Waals surface area contributed by atoms with Crippen LogP contribution in [-0.4, -0.2) is 75.0 Å². The summed E-state index contributed by atoms with van der Waals surface area (Å²) >= 11 is 0. The van der Waals surface area contributed by atoms with Crippen molar-refractivity contribution in [1.29, 1.82) is 0 Å². The largest absolute Gasteiger partial charge is 0.337 e.